The van der Waals surface area contributed by atoms with Gasteiger partial charge in [-0.1, -0.05) is 76.2 Å². The van der Waals surface area contributed by atoms with Gasteiger partial charge in [-0.05, 0) is 59.6 Å². The number of ketones is 1. The molecule has 32 heavy (non-hydrogen) atoms. The summed E-state index contributed by atoms with van der Waals surface area (Å²) < 4.78 is 0. The number of hydrogen-bond acceptors (Lipinski definition) is 2. The summed E-state index contributed by atoms with van der Waals surface area (Å²) in [7, 11) is 0. The number of aliphatic hydroxyl groups is 1. The van der Waals surface area contributed by atoms with E-state index >= 15 is 0 Å². The van der Waals surface area contributed by atoms with E-state index < -0.39 is 0 Å². The third-order valence-electron chi connectivity index (χ3n) is 8.05. The van der Waals surface area contributed by atoms with Gasteiger partial charge in [0.25, 0.3) is 0 Å². The molecule has 0 atom stereocenters. The van der Waals surface area contributed by atoms with E-state index in [9.17, 15) is 9.90 Å². The molecule has 166 valence electrons. The molecule has 1 saturated carbocycles. The Morgan fingerprint density at radius 1 is 0.812 bits per heavy atom. The molecular weight excluding hydrogens is 392 g/mol. The Balaban J connectivity index is 1.56. The first-order valence-corrected chi connectivity index (χ1v) is 12.0. The number of benzene rings is 2. The number of hydrogen-bond donors (Lipinski definition) is 1. The van der Waals surface area contributed by atoms with Crippen LogP contribution in [0, 0.1) is 6.92 Å². The summed E-state index contributed by atoms with van der Waals surface area (Å²) in [6, 6.07) is 13.3. The molecular formula is C30H34O2. The number of aryl methyl sites for hydroxylation is 1. The predicted molar refractivity (Wildman–Crippen MR) is 131 cm³/mol. The number of carbonyl (C=O) groups is 1. The maximum absolute atomic E-state index is 12.4. The summed E-state index contributed by atoms with van der Waals surface area (Å²) in [5.74, 6) is 0.310. The van der Waals surface area contributed by atoms with Crippen molar-refractivity contribution in [1.29, 1.82) is 0 Å². The van der Waals surface area contributed by atoms with Crippen molar-refractivity contribution in [1.82, 2.24) is 0 Å². The summed E-state index contributed by atoms with van der Waals surface area (Å²) in [6.45, 7) is 11.5. The maximum Gasteiger partial charge on any atom is 0.166 e. The first-order chi connectivity index (χ1) is 15.1. The molecule has 0 radical (unpaired) electrons. The number of Topliss-reactive ketones (excluding diaryl/α,β-unsaturated/α-hetero) is 1. The second-order valence-electron chi connectivity index (χ2n) is 11.2. The normalized spacial score (nSPS) is 22.6. The number of carbonyl (C=O) groups excluding carboxylic acids is 1. The van der Waals surface area contributed by atoms with Crippen molar-refractivity contribution in [3.05, 3.63) is 87.7 Å². The van der Waals surface area contributed by atoms with Gasteiger partial charge in [-0.3, -0.25) is 4.79 Å². The van der Waals surface area contributed by atoms with E-state index in [2.05, 4.69) is 71.0 Å². The monoisotopic (exact) mass is 426 g/mol. The Bertz CT molecular complexity index is 1170. The van der Waals surface area contributed by atoms with Crippen molar-refractivity contribution >= 4 is 11.4 Å². The molecule has 3 aliphatic rings. The molecule has 0 bridgehead atoms. The molecule has 1 N–H and O–H groups in total. The lowest BCUT2D eigenvalue weighted by Gasteiger charge is -2.38. The van der Waals surface area contributed by atoms with Gasteiger partial charge in [0.15, 0.2) is 5.78 Å². The van der Waals surface area contributed by atoms with Crippen LogP contribution in [0.25, 0.3) is 5.57 Å². The molecule has 0 heterocycles. The van der Waals surface area contributed by atoms with Crippen LogP contribution in [-0.4, -0.2) is 10.9 Å². The van der Waals surface area contributed by atoms with Gasteiger partial charge in [-0.2, -0.15) is 0 Å². The third kappa shape index (κ3) is 3.18. The molecule has 0 aliphatic heterocycles. The Labute approximate surface area is 192 Å². The molecule has 2 heteroatoms. The van der Waals surface area contributed by atoms with Crippen molar-refractivity contribution in [2.24, 2.45) is 0 Å². The van der Waals surface area contributed by atoms with Crippen LogP contribution in [0.2, 0.25) is 0 Å². The number of aliphatic hydroxyl groups excluding tert-OH is 1. The van der Waals surface area contributed by atoms with Crippen LogP contribution in [0.4, 0.5) is 0 Å². The quantitative estimate of drug-likeness (QED) is 0.526. The van der Waals surface area contributed by atoms with E-state index in [1.54, 1.807) is 0 Å². The highest BCUT2D eigenvalue weighted by Gasteiger charge is 2.48. The van der Waals surface area contributed by atoms with Gasteiger partial charge in [-0.15, -0.1) is 0 Å². The van der Waals surface area contributed by atoms with Crippen LogP contribution in [0.3, 0.4) is 0 Å². The molecule has 5 rings (SSSR count). The Kier molecular flexibility index (Phi) is 4.61. The highest BCUT2D eigenvalue weighted by molar-refractivity contribution is 6.21. The number of allylic oxidation sites excluding steroid dienone is 4. The highest BCUT2D eigenvalue weighted by Crippen LogP contribution is 2.56. The van der Waals surface area contributed by atoms with Crippen LogP contribution in [-0.2, 0) is 21.0 Å². The van der Waals surface area contributed by atoms with Crippen molar-refractivity contribution < 1.29 is 9.90 Å². The summed E-state index contributed by atoms with van der Waals surface area (Å²) in [6.07, 6.45) is 8.90. The lowest BCUT2D eigenvalue weighted by atomic mass is 9.66. The zero-order chi connectivity index (χ0) is 22.9. The average Bonchev–Trinajstić information content (AvgIpc) is 3.53. The van der Waals surface area contributed by atoms with Crippen molar-refractivity contribution in [2.75, 3.05) is 0 Å². The largest absolute Gasteiger partial charge is 0.512 e. The summed E-state index contributed by atoms with van der Waals surface area (Å²) in [5, 5.41) is 10.3. The molecule has 2 aromatic carbocycles. The Morgan fingerprint density at radius 2 is 1.41 bits per heavy atom. The Hall–Kier alpha value is -2.61. The van der Waals surface area contributed by atoms with Gasteiger partial charge in [0, 0.05) is 29.1 Å². The van der Waals surface area contributed by atoms with E-state index in [-0.39, 0.29) is 27.8 Å². The fraction of sp³-hybridized carbons (Fsp3) is 0.433. The molecule has 0 saturated heterocycles. The van der Waals surface area contributed by atoms with Gasteiger partial charge in [0.05, 0.1) is 5.57 Å². The molecule has 0 spiro atoms. The van der Waals surface area contributed by atoms with Crippen LogP contribution >= 0.6 is 0 Å². The van der Waals surface area contributed by atoms with E-state index in [4.69, 9.17) is 0 Å². The highest BCUT2D eigenvalue weighted by atomic mass is 16.3. The van der Waals surface area contributed by atoms with Crippen LogP contribution < -0.4 is 0 Å². The van der Waals surface area contributed by atoms with Crippen molar-refractivity contribution in [3.63, 3.8) is 0 Å². The summed E-state index contributed by atoms with van der Waals surface area (Å²) >= 11 is 0. The lowest BCUT2D eigenvalue weighted by molar-refractivity contribution is -0.114. The second-order valence-corrected chi connectivity index (χ2v) is 11.2. The molecule has 2 nitrogen and oxygen atoms in total. The standard InChI is InChI=1S/C30H34O2/c1-19-17-23-24(29(4,5)14-13-28(23,2)3)18-22(19)30(15-16-30)21-11-9-20(10-12-21)27-25(31)7-6-8-26(27)32/h9-14,17-18,31H,6-8,15-16H2,1-5H3. The van der Waals surface area contributed by atoms with Crippen molar-refractivity contribution in [3.8, 4) is 0 Å². The lowest BCUT2D eigenvalue weighted by Crippen LogP contribution is -2.30. The van der Waals surface area contributed by atoms with Crippen molar-refractivity contribution in [2.45, 2.75) is 83.0 Å². The summed E-state index contributed by atoms with van der Waals surface area (Å²) in [4.78, 5) is 12.4. The number of fused-ring (bicyclic) bond motifs is 1. The average molecular weight is 427 g/mol. The van der Waals surface area contributed by atoms with Crippen LogP contribution in [0.15, 0.2) is 54.3 Å². The fourth-order valence-electron chi connectivity index (χ4n) is 5.84. The molecule has 0 amide bonds. The smallest absolute Gasteiger partial charge is 0.166 e. The van der Waals surface area contributed by atoms with Gasteiger partial charge >= 0.3 is 0 Å². The zero-order valence-electron chi connectivity index (χ0n) is 20.0. The van der Waals surface area contributed by atoms with E-state index in [0.29, 0.717) is 18.4 Å². The van der Waals surface area contributed by atoms with Gasteiger partial charge in [0.2, 0.25) is 0 Å². The Morgan fingerprint density at radius 3 is 1.97 bits per heavy atom. The minimum atomic E-state index is 0.0264. The first kappa shape index (κ1) is 21.2. The topological polar surface area (TPSA) is 37.3 Å². The van der Waals surface area contributed by atoms with E-state index in [0.717, 1.165) is 24.8 Å². The predicted octanol–water partition coefficient (Wildman–Crippen LogP) is 7.22. The minimum Gasteiger partial charge on any atom is -0.512 e. The first-order valence-electron chi connectivity index (χ1n) is 12.0. The molecule has 1 fully saturated rings. The second kappa shape index (κ2) is 6.94. The molecule has 0 aromatic heterocycles. The van der Waals surface area contributed by atoms with Crippen LogP contribution in [0.1, 0.15) is 93.2 Å². The number of rotatable bonds is 3. The van der Waals surface area contributed by atoms with Crippen LogP contribution in [0.5, 0.6) is 0 Å². The van der Waals surface area contributed by atoms with Gasteiger partial charge < -0.3 is 5.11 Å². The van der Waals surface area contributed by atoms with E-state index in [1.165, 1.54) is 27.8 Å². The maximum atomic E-state index is 12.4. The SMILES string of the molecule is Cc1cc2c(cc1C1(c3ccc(C4=C(O)CCCC4=O)cc3)CC1)C(C)(C)C=CC2(C)C. The van der Waals surface area contributed by atoms with Gasteiger partial charge in [0.1, 0.15) is 5.76 Å². The third-order valence-corrected chi connectivity index (χ3v) is 8.05. The minimum absolute atomic E-state index is 0.0264. The molecule has 3 aliphatic carbocycles. The molecule has 2 aromatic rings. The zero-order valence-corrected chi connectivity index (χ0v) is 20.0. The van der Waals surface area contributed by atoms with Gasteiger partial charge in [-0.25, -0.2) is 0 Å². The molecule has 0 unspecified atom stereocenters. The summed E-state index contributed by atoms with van der Waals surface area (Å²) in [5.41, 5.74) is 8.52. The van der Waals surface area contributed by atoms with E-state index in [1.807, 2.05) is 12.1 Å². The fourth-order valence-corrected chi connectivity index (χ4v) is 5.84.